The van der Waals surface area contributed by atoms with Gasteiger partial charge in [0.2, 0.25) is 0 Å². The molecule has 0 atom stereocenters. The van der Waals surface area contributed by atoms with Gasteiger partial charge in [0.1, 0.15) is 6.26 Å². The first-order chi connectivity index (χ1) is 8.85. The molecule has 0 radical (unpaired) electrons. The van der Waals surface area contributed by atoms with Gasteiger partial charge in [0, 0.05) is 57.4 Å². The van der Waals surface area contributed by atoms with Crippen LogP contribution in [0.15, 0.2) is 17.0 Å². The third kappa shape index (κ3) is 2.58. The second-order valence-electron chi connectivity index (χ2n) is 5.35. The molecule has 3 rings (SSSR count). The zero-order valence-electron chi connectivity index (χ0n) is 11.1. The number of hydrogen-bond acceptors (Lipinski definition) is 5. The zero-order valence-corrected chi connectivity index (χ0v) is 11.1. The van der Waals surface area contributed by atoms with Crippen LogP contribution in [-0.2, 0) is 6.54 Å². The van der Waals surface area contributed by atoms with Gasteiger partial charge < -0.3 is 9.42 Å². The fourth-order valence-electron chi connectivity index (χ4n) is 2.91. The van der Waals surface area contributed by atoms with E-state index in [0.29, 0.717) is 0 Å². The van der Waals surface area contributed by atoms with Crippen molar-refractivity contribution in [3.8, 4) is 0 Å². The Morgan fingerprint density at radius 2 is 2.00 bits per heavy atom. The number of hydrogen-bond donors (Lipinski definition) is 0. The van der Waals surface area contributed by atoms with E-state index in [0.717, 1.165) is 12.6 Å². The molecule has 2 aliphatic heterocycles. The van der Waals surface area contributed by atoms with Crippen molar-refractivity contribution in [3.05, 3.63) is 18.0 Å². The molecule has 0 N–H and O–H groups in total. The molecule has 0 aliphatic carbocycles. The Balaban J connectivity index is 1.40. The van der Waals surface area contributed by atoms with E-state index in [9.17, 15) is 0 Å². The fourth-order valence-corrected chi connectivity index (χ4v) is 2.91. The third-order valence-corrected chi connectivity index (χ3v) is 4.20. The van der Waals surface area contributed by atoms with Gasteiger partial charge in [-0.25, -0.2) is 0 Å². The van der Waals surface area contributed by atoms with Crippen molar-refractivity contribution >= 4 is 0 Å². The number of nitrogens with zero attached hydrogens (tertiary/aromatic N) is 4. The monoisotopic (exact) mass is 250 g/mol. The Morgan fingerprint density at radius 1 is 1.22 bits per heavy atom. The number of piperazine rings is 1. The van der Waals surface area contributed by atoms with Crippen LogP contribution in [0.1, 0.15) is 12.5 Å². The molecule has 100 valence electrons. The molecule has 0 saturated carbocycles. The molecule has 0 amide bonds. The van der Waals surface area contributed by atoms with Gasteiger partial charge in [0.25, 0.3) is 0 Å². The number of aromatic nitrogens is 1. The predicted octanol–water partition coefficient (Wildman–Crippen LogP) is 0.496. The zero-order chi connectivity index (χ0) is 12.4. The van der Waals surface area contributed by atoms with Crippen molar-refractivity contribution in [1.29, 1.82) is 0 Å². The minimum absolute atomic E-state index is 0.767. The molecule has 1 aromatic rings. The lowest BCUT2D eigenvalue weighted by Gasteiger charge is -2.48. The Kier molecular flexibility index (Phi) is 3.63. The molecular weight excluding hydrogens is 228 g/mol. The van der Waals surface area contributed by atoms with Gasteiger partial charge in [-0.1, -0.05) is 12.1 Å². The maximum atomic E-state index is 4.86. The SMILES string of the molecule is CCN1CCN(C2CN(Cc3cnoc3)C2)CC1. The van der Waals surface area contributed by atoms with Crippen LogP contribution < -0.4 is 0 Å². The molecule has 2 saturated heterocycles. The summed E-state index contributed by atoms with van der Waals surface area (Å²) in [4.78, 5) is 7.64. The van der Waals surface area contributed by atoms with Crippen LogP contribution in [-0.4, -0.2) is 71.7 Å². The van der Waals surface area contributed by atoms with Crippen LogP contribution in [0.3, 0.4) is 0 Å². The molecular formula is C13H22N4O. The van der Waals surface area contributed by atoms with E-state index in [4.69, 9.17) is 4.52 Å². The Labute approximate surface area is 108 Å². The molecule has 0 spiro atoms. The quantitative estimate of drug-likeness (QED) is 0.777. The topological polar surface area (TPSA) is 35.8 Å². The van der Waals surface area contributed by atoms with Crippen LogP contribution in [0.4, 0.5) is 0 Å². The molecule has 2 fully saturated rings. The minimum atomic E-state index is 0.767. The molecule has 2 aliphatic rings. The highest BCUT2D eigenvalue weighted by Gasteiger charge is 2.33. The van der Waals surface area contributed by atoms with Crippen molar-refractivity contribution in [3.63, 3.8) is 0 Å². The highest BCUT2D eigenvalue weighted by molar-refractivity contribution is 5.02. The average molecular weight is 250 g/mol. The van der Waals surface area contributed by atoms with Crippen LogP contribution in [0.2, 0.25) is 0 Å². The molecule has 5 nitrogen and oxygen atoms in total. The molecule has 18 heavy (non-hydrogen) atoms. The summed E-state index contributed by atoms with van der Waals surface area (Å²) in [6, 6.07) is 0.767. The van der Waals surface area contributed by atoms with Gasteiger partial charge in [-0.15, -0.1) is 0 Å². The lowest BCUT2D eigenvalue weighted by Crippen LogP contribution is -2.62. The van der Waals surface area contributed by atoms with Gasteiger partial charge in [0.05, 0.1) is 6.20 Å². The fraction of sp³-hybridized carbons (Fsp3) is 0.769. The van der Waals surface area contributed by atoms with Crippen molar-refractivity contribution in [2.45, 2.75) is 19.5 Å². The second-order valence-corrected chi connectivity index (χ2v) is 5.35. The van der Waals surface area contributed by atoms with Crippen LogP contribution in [0.25, 0.3) is 0 Å². The minimum Gasteiger partial charge on any atom is -0.364 e. The molecule has 0 unspecified atom stereocenters. The van der Waals surface area contributed by atoms with Gasteiger partial charge in [0.15, 0.2) is 0 Å². The summed E-state index contributed by atoms with van der Waals surface area (Å²) in [7, 11) is 0. The van der Waals surface area contributed by atoms with Crippen LogP contribution in [0.5, 0.6) is 0 Å². The van der Waals surface area contributed by atoms with E-state index in [1.165, 1.54) is 51.4 Å². The molecule has 3 heterocycles. The van der Waals surface area contributed by atoms with E-state index < -0.39 is 0 Å². The van der Waals surface area contributed by atoms with Gasteiger partial charge in [-0.3, -0.25) is 9.80 Å². The van der Waals surface area contributed by atoms with Crippen molar-refractivity contribution in [2.75, 3.05) is 45.8 Å². The molecule has 0 bridgehead atoms. The van der Waals surface area contributed by atoms with Crippen molar-refractivity contribution < 1.29 is 4.52 Å². The smallest absolute Gasteiger partial charge is 0.128 e. The van der Waals surface area contributed by atoms with Gasteiger partial charge >= 0.3 is 0 Å². The van der Waals surface area contributed by atoms with E-state index in [1.54, 1.807) is 6.26 Å². The summed E-state index contributed by atoms with van der Waals surface area (Å²) in [5.41, 5.74) is 1.18. The second kappa shape index (κ2) is 5.38. The summed E-state index contributed by atoms with van der Waals surface area (Å²) < 4.78 is 4.86. The maximum absolute atomic E-state index is 4.86. The summed E-state index contributed by atoms with van der Waals surface area (Å²) in [6.07, 6.45) is 3.56. The van der Waals surface area contributed by atoms with Crippen molar-refractivity contribution in [2.24, 2.45) is 0 Å². The van der Waals surface area contributed by atoms with E-state index in [-0.39, 0.29) is 0 Å². The summed E-state index contributed by atoms with van der Waals surface area (Å²) in [6.45, 7) is 11.7. The summed E-state index contributed by atoms with van der Waals surface area (Å²) in [5, 5.41) is 3.74. The highest BCUT2D eigenvalue weighted by atomic mass is 16.5. The summed E-state index contributed by atoms with van der Waals surface area (Å²) >= 11 is 0. The first-order valence-corrected chi connectivity index (χ1v) is 6.92. The van der Waals surface area contributed by atoms with Crippen molar-refractivity contribution in [1.82, 2.24) is 19.9 Å². The first-order valence-electron chi connectivity index (χ1n) is 6.92. The molecule has 1 aromatic heterocycles. The Hall–Kier alpha value is -0.910. The average Bonchev–Trinajstić information content (AvgIpc) is 2.86. The van der Waals surface area contributed by atoms with E-state index >= 15 is 0 Å². The van der Waals surface area contributed by atoms with E-state index in [2.05, 4.69) is 26.8 Å². The van der Waals surface area contributed by atoms with E-state index in [1.807, 2.05) is 6.20 Å². The predicted molar refractivity (Wildman–Crippen MR) is 69.3 cm³/mol. The van der Waals surface area contributed by atoms with Gasteiger partial charge in [-0.05, 0) is 6.54 Å². The Bertz CT molecular complexity index is 353. The Morgan fingerprint density at radius 3 is 2.61 bits per heavy atom. The lowest BCUT2D eigenvalue weighted by atomic mass is 10.1. The number of rotatable bonds is 4. The standard InChI is InChI=1S/C13H22N4O/c1-2-15-3-5-17(6-4-15)13-9-16(10-13)8-12-7-14-18-11-12/h7,11,13H,2-6,8-10H2,1H3. The largest absolute Gasteiger partial charge is 0.364 e. The van der Waals surface area contributed by atoms with Crippen LogP contribution in [0, 0.1) is 0 Å². The number of likely N-dealkylation sites (N-methyl/N-ethyl adjacent to an activating group) is 1. The normalized spacial score (nSPS) is 24.3. The van der Waals surface area contributed by atoms with Gasteiger partial charge in [-0.2, -0.15) is 0 Å². The highest BCUT2D eigenvalue weighted by Crippen LogP contribution is 2.19. The maximum Gasteiger partial charge on any atom is 0.128 e. The molecule has 0 aromatic carbocycles. The third-order valence-electron chi connectivity index (χ3n) is 4.20. The number of likely N-dealkylation sites (tertiary alicyclic amines) is 1. The first kappa shape index (κ1) is 12.1. The van der Waals surface area contributed by atoms with Crippen LogP contribution >= 0.6 is 0 Å². The lowest BCUT2D eigenvalue weighted by molar-refractivity contribution is 0.00205. The molecule has 5 heteroatoms. The summed E-state index contributed by atoms with van der Waals surface area (Å²) in [5.74, 6) is 0.